The van der Waals surface area contributed by atoms with E-state index in [-0.39, 0.29) is 0 Å². The molecule has 0 aliphatic carbocycles. The first-order valence-electron chi connectivity index (χ1n) is 8.86. The van der Waals surface area contributed by atoms with Crippen LogP contribution in [0.3, 0.4) is 0 Å². The summed E-state index contributed by atoms with van der Waals surface area (Å²) in [7, 11) is 0. The molecule has 0 saturated carbocycles. The van der Waals surface area contributed by atoms with Crippen LogP contribution in [0.25, 0.3) is 5.69 Å². The van der Waals surface area contributed by atoms with Crippen molar-refractivity contribution in [3.8, 4) is 5.69 Å². The topological polar surface area (TPSA) is 73.2 Å². The highest BCUT2D eigenvalue weighted by atomic mass is 35.5. The highest BCUT2D eigenvalue weighted by molar-refractivity contribution is 6.36. The number of nitrogens with zero attached hydrogens (tertiary/aromatic N) is 2. The summed E-state index contributed by atoms with van der Waals surface area (Å²) in [4.78, 5) is 25.1. The normalized spacial score (nSPS) is 11.8. The molecule has 1 aromatic heterocycles. The molecule has 3 aromatic rings. The van der Waals surface area contributed by atoms with Gasteiger partial charge in [-0.25, -0.2) is 9.48 Å². The maximum absolute atomic E-state index is 12.7. The van der Waals surface area contributed by atoms with Crippen LogP contribution in [0, 0.1) is 13.8 Å². The molecule has 0 spiro atoms. The summed E-state index contributed by atoms with van der Waals surface area (Å²) in [6, 6.07) is 14.1. The van der Waals surface area contributed by atoms with Crippen molar-refractivity contribution in [3.05, 3.63) is 75.5 Å². The third-order valence-corrected chi connectivity index (χ3v) is 4.89. The predicted octanol–water partition coefficient (Wildman–Crippen LogP) is 4.98. The fourth-order valence-corrected chi connectivity index (χ4v) is 3.31. The molecule has 1 atom stereocenters. The molecule has 0 fully saturated rings. The second-order valence-electron chi connectivity index (χ2n) is 6.45. The highest BCUT2D eigenvalue weighted by Crippen LogP contribution is 2.26. The number of carbonyl (C=O) groups excluding carboxylic acids is 2. The minimum atomic E-state index is -1.03. The van der Waals surface area contributed by atoms with Gasteiger partial charge in [0.1, 0.15) is 5.56 Å². The third kappa shape index (κ3) is 4.60. The molecule has 1 heterocycles. The van der Waals surface area contributed by atoms with Gasteiger partial charge in [0.25, 0.3) is 5.91 Å². The van der Waals surface area contributed by atoms with E-state index in [2.05, 4.69) is 10.4 Å². The Bertz CT molecular complexity index is 1060. The van der Waals surface area contributed by atoms with E-state index in [4.69, 9.17) is 27.9 Å². The van der Waals surface area contributed by atoms with Crippen molar-refractivity contribution < 1.29 is 14.3 Å². The Hall–Kier alpha value is -2.83. The zero-order valence-corrected chi connectivity index (χ0v) is 17.6. The molecule has 1 N–H and O–H groups in total. The quantitative estimate of drug-likeness (QED) is 0.578. The monoisotopic (exact) mass is 431 g/mol. The fraction of sp³-hybridized carbons (Fsp3) is 0.190. The Morgan fingerprint density at radius 1 is 1.10 bits per heavy atom. The maximum atomic E-state index is 12.7. The number of aryl methyl sites for hydroxylation is 1. The molecule has 150 valence electrons. The van der Waals surface area contributed by atoms with Crippen LogP contribution >= 0.6 is 23.2 Å². The molecule has 2 aromatic carbocycles. The predicted molar refractivity (Wildman–Crippen MR) is 113 cm³/mol. The summed E-state index contributed by atoms with van der Waals surface area (Å²) in [5, 5.41) is 7.80. The molecule has 1 unspecified atom stereocenters. The number of nitrogens with one attached hydrogen (secondary N) is 1. The zero-order valence-electron chi connectivity index (χ0n) is 16.1. The summed E-state index contributed by atoms with van der Waals surface area (Å²) in [6.45, 7) is 4.99. The lowest BCUT2D eigenvalue weighted by Crippen LogP contribution is -2.30. The van der Waals surface area contributed by atoms with Crippen molar-refractivity contribution >= 4 is 40.8 Å². The van der Waals surface area contributed by atoms with Gasteiger partial charge in [-0.15, -0.1) is 0 Å². The van der Waals surface area contributed by atoms with Crippen LogP contribution in [-0.4, -0.2) is 27.8 Å². The minimum Gasteiger partial charge on any atom is -0.449 e. The van der Waals surface area contributed by atoms with E-state index in [0.717, 1.165) is 5.69 Å². The molecular weight excluding hydrogens is 413 g/mol. The minimum absolute atomic E-state index is 0.292. The van der Waals surface area contributed by atoms with Gasteiger partial charge in [0.2, 0.25) is 0 Å². The van der Waals surface area contributed by atoms with Crippen LogP contribution in [0.4, 0.5) is 5.69 Å². The number of benzene rings is 2. The van der Waals surface area contributed by atoms with E-state index in [1.165, 1.54) is 13.0 Å². The van der Waals surface area contributed by atoms with E-state index >= 15 is 0 Å². The van der Waals surface area contributed by atoms with Crippen molar-refractivity contribution in [2.75, 3.05) is 5.32 Å². The molecule has 0 radical (unpaired) electrons. The standard InChI is InChI=1S/C21H19Cl2N3O3/c1-12-19(13(2)26(25-12)16-7-5-4-6-8-16)21(28)29-14(3)20(27)24-18-10-9-15(22)11-17(18)23/h4-11,14H,1-3H3,(H,24,27). The van der Waals surface area contributed by atoms with Gasteiger partial charge in [0.05, 0.1) is 27.8 Å². The Labute approximate surface area is 178 Å². The summed E-state index contributed by atoms with van der Waals surface area (Å²) in [5.74, 6) is -1.12. The lowest BCUT2D eigenvalue weighted by molar-refractivity contribution is -0.123. The SMILES string of the molecule is Cc1nn(-c2ccccc2)c(C)c1C(=O)OC(C)C(=O)Nc1ccc(Cl)cc1Cl. The van der Waals surface area contributed by atoms with Gasteiger partial charge in [-0.3, -0.25) is 4.79 Å². The van der Waals surface area contributed by atoms with E-state index in [0.29, 0.717) is 32.7 Å². The average Bonchev–Trinajstić information content (AvgIpc) is 2.98. The molecule has 29 heavy (non-hydrogen) atoms. The van der Waals surface area contributed by atoms with E-state index in [1.54, 1.807) is 30.7 Å². The second-order valence-corrected chi connectivity index (χ2v) is 7.30. The number of halogens is 2. The molecule has 6 nitrogen and oxygen atoms in total. The summed E-state index contributed by atoms with van der Waals surface area (Å²) in [6.07, 6.45) is -1.03. The van der Waals surface area contributed by atoms with Gasteiger partial charge >= 0.3 is 5.97 Å². The van der Waals surface area contributed by atoms with Crippen LogP contribution in [0.15, 0.2) is 48.5 Å². The second kappa shape index (κ2) is 8.68. The molecule has 1 amide bonds. The number of para-hydroxylation sites is 1. The molecule has 0 saturated heterocycles. The summed E-state index contributed by atoms with van der Waals surface area (Å²) < 4.78 is 7.04. The number of hydrogen-bond donors (Lipinski definition) is 1. The first-order valence-corrected chi connectivity index (χ1v) is 9.62. The van der Waals surface area contributed by atoms with E-state index in [1.807, 2.05) is 30.3 Å². The molecular formula is C21H19Cl2N3O3. The molecule has 8 heteroatoms. The molecule has 0 bridgehead atoms. The number of aromatic nitrogens is 2. The number of rotatable bonds is 5. The first-order chi connectivity index (χ1) is 13.8. The van der Waals surface area contributed by atoms with Crippen molar-refractivity contribution in [2.24, 2.45) is 0 Å². The number of hydrogen-bond acceptors (Lipinski definition) is 4. The van der Waals surface area contributed by atoms with Crippen LogP contribution in [0.5, 0.6) is 0 Å². The number of amides is 1. The number of carbonyl (C=O) groups is 2. The number of anilines is 1. The van der Waals surface area contributed by atoms with Crippen LogP contribution in [-0.2, 0) is 9.53 Å². The highest BCUT2D eigenvalue weighted by Gasteiger charge is 2.25. The summed E-state index contributed by atoms with van der Waals surface area (Å²) >= 11 is 11.9. The molecule has 0 aliphatic rings. The Kier molecular flexibility index (Phi) is 6.25. The van der Waals surface area contributed by atoms with E-state index in [9.17, 15) is 9.59 Å². The van der Waals surface area contributed by atoms with Gasteiger partial charge < -0.3 is 10.1 Å². The smallest absolute Gasteiger partial charge is 0.342 e. The van der Waals surface area contributed by atoms with Gasteiger partial charge in [-0.2, -0.15) is 5.10 Å². The Balaban J connectivity index is 1.74. The van der Waals surface area contributed by atoms with Crippen molar-refractivity contribution in [1.29, 1.82) is 0 Å². The van der Waals surface area contributed by atoms with Crippen molar-refractivity contribution in [3.63, 3.8) is 0 Å². The van der Waals surface area contributed by atoms with Crippen LogP contribution in [0.2, 0.25) is 10.0 Å². The van der Waals surface area contributed by atoms with Crippen LogP contribution < -0.4 is 5.32 Å². The van der Waals surface area contributed by atoms with E-state index < -0.39 is 18.0 Å². The molecule has 3 rings (SSSR count). The Morgan fingerprint density at radius 2 is 1.79 bits per heavy atom. The average molecular weight is 432 g/mol. The zero-order chi connectivity index (χ0) is 21.1. The number of esters is 1. The summed E-state index contributed by atoms with van der Waals surface area (Å²) in [5.41, 5.74) is 2.69. The fourth-order valence-electron chi connectivity index (χ4n) is 2.86. The first kappa shape index (κ1) is 20.9. The maximum Gasteiger partial charge on any atom is 0.342 e. The largest absolute Gasteiger partial charge is 0.449 e. The van der Waals surface area contributed by atoms with Gasteiger partial charge in [0.15, 0.2) is 6.10 Å². The van der Waals surface area contributed by atoms with Gasteiger partial charge in [-0.1, -0.05) is 41.4 Å². The lowest BCUT2D eigenvalue weighted by Gasteiger charge is -2.14. The van der Waals surface area contributed by atoms with Gasteiger partial charge in [0, 0.05) is 5.02 Å². The van der Waals surface area contributed by atoms with Gasteiger partial charge in [-0.05, 0) is 51.1 Å². The van der Waals surface area contributed by atoms with Crippen LogP contribution in [0.1, 0.15) is 28.7 Å². The molecule has 0 aliphatic heterocycles. The third-order valence-electron chi connectivity index (χ3n) is 4.34. The number of ether oxygens (including phenoxy) is 1. The Morgan fingerprint density at radius 3 is 2.45 bits per heavy atom. The lowest BCUT2D eigenvalue weighted by atomic mass is 10.2. The van der Waals surface area contributed by atoms with Crippen molar-refractivity contribution in [2.45, 2.75) is 26.9 Å². The van der Waals surface area contributed by atoms with Crippen molar-refractivity contribution in [1.82, 2.24) is 9.78 Å².